The van der Waals surface area contributed by atoms with Crippen molar-refractivity contribution in [3.8, 4) is 0 Å². The number of hydrogen-bond acceptors (Lipinski definition) is 2. The monoisotopic (exact) mass is 170 g/mol. The Hall–Kier alpha value is -0.0800. The first-order chi connectivity index (χ1) is 5.61. The molecule has 1 saturated heterocycles. The lowest BCUT2D eigenvalue weighted by atomic mass is 9.96. The molecule has 1 fully saturated rings. The van der Waals surface area contributed by atoms with Crippen molar-refractivity contribution in [3.05, 3.63) is 0 Å². The maximum Gasteiger partial charge on any atom is 0.0223 e. The fourth-order valence-electron chi connectivity index (χ4n) is 1.86. The first kappa shape index (κ1) is 10.0. The number of likely N-dealkylation sites (N-methyl/N-ethyl adjacent to an activating group) is 1. The lowest BCUT2D eigenvalue weighted by Crippen LogP contribution is -2.49. The first-order valence-corrected chi connectivity index (χ1v) is 5.04. The summed E-state index contributed by atoms with van der Waals surface area (Å²) in [6.45, 7) is 9.22. The largest absolute Gasteiger partial charge is 0.315 e. The second kappa shape index (κ2) is 4.24. The Morgan fingerprint density at radius 2 is 2.00 bits per heavy atom. The van der Waals surface area contributed by atoms with Crippen LogP contribution in [-0.2, 0) is 0 Å². The summed E-state index contributed by atoms with van der Waals surface area (Å²) in [6, 6.07) is 1.41. The van der Waals surface area contributed by atoms with E-state index in [1.807, 2.05) is 0 Å². The highest BCUT2D eigenvalue weighted by Crippen LogP contribution is 2.15. The number of piperidine rings is 1. The molecule has 0 bridgehead atoms. The maximum absolute atomic E-state index is 3.48. The van der Waals surface area contributed by atoms with Gasteiger partial charge in [0.15, 0.2) is 0 Å². The number of nitrogens with zero attached hydrogens (tertiary/aromatic N) is 1. The van der Waals surface area contributed by atoms with Gasteiger partial charge in [-0.1, -0.05) is 6.92 Å². The third-order valence-electron chi connectivity index (χ3n) is 2.94. The van der Waals surface area contributed by atoms with E-state index in [9.17, 15) is 0 Å². The van der Waals surface area contributed by atoms with Crippen molar-refractivity contribution < 1.29 is 0 Å². The zero-order valence-electron chi connectivity index (χ0n) is 8.80. The molecule has 0 aromatic carbocycles. The van der Waals surface area contributed by atoms with Gasteiger partial charge in [0.2, 0.25) is 0 Å². The second-order valence-electron chi connectivity index (χ2n) is 4.41. The summed E-state index contributed by atoms with van der Waals surface area (Å²) in [5.41, 5.74) is 0. The van der Waals surface area contributed by atoms with Crippen LogP contribution in [0.5, 0.6) is 0 Å². The van der Waals surface area contributed by atoms with Crippen molar-refractivity contribution in [3.63, 3.8) is 0 Å². The van der Waals surface area contributed by atoms with Crippen LogP contribution in [0.1, 0.15) is 27.2 Å². The third kappa shape index (κ3) is 2.46. The molecule has 0 saturated carbocycles. The van der Waals surface area contributed by atoms with Gasteiger partial charge in [-0.15, -0.1) is 0 Å². The fourth-order valence-corrected chi connectivity index (χ4v) is 1.86. The van der Waals surface area contributed by atoms with Crippen LogP contribution in [0, 0.1) is 5.92 Å². The summed E-state index contributed by atoms with van der Waals surface area (Å²) >= 11 is 0. The van der Waals surface area contributed by atoms with Gasteiger partial charge in [0.25, 0.3) is 0 Å². The first-order valence-electron chi connectivity index (χ1n) is 5.04. The molecular formula is C10H22N2. The van der Waals surface area contributed by atoms with Crippen LogP contribution < -0.4 is 5.32 Å². The standard InChI is InChI=1S/C10H22N2/c1-8(2)12(4)10-5-9(3)6-11-7-10/h8-11H,5-7H2,1-4H3/t9-,10?/m0/s1. The molecule has 1 rings (SSSR count). The van der Waals surface area contributed by atoms with E-state index in [0.717, 1.165) is 12.0 Å². The van der Waals surface area contributed by atoms with Crippen molar-refractivity contribution in [2.45, 2.75) is 39.3 Å². The van der Waals surface area contributed by atoms with Crippen LogP contribution in [-0.4, -0.2) is 37.1 Å². The van der Waals surface area contributed by atoms with E-state index in [1.54, 1.807) is 0 Å². The highest BCUT2D eigenvalue weighted by Gasteiger charge is 2.22. The Kier molecular flexibility index (Phi) is 3.53. The van der Waals surface area contributed by atoms with Gasteiger partial charge in [0.05, 0.1) is 0 Å². The van der Waals surface area contributed by atoms with Crippen LogP contribution >= 0.6 is 0 Å². The van der Waals surface area contributed by atoms with E-state index in [1.165, 1.54) is 19.5 Å². The van der Waals surface area contributed by atoms with Crippen LogP contribution in [0.3, 0.4) is 0 Å². The molecule has 1 heterocycles. The van der Waals surface area contributed by atoms with Gasteiger partial charge < -0.3 is 5.32 Å². The molecule has 0 aliphatic carbocycles. The lowest BCUT2D eigenvalue weighted by Gasteiger charge is -2.36. The topological polar surface area (TPSA) is 15.3 Å². The van der Waals surface area contributed by atoms with Gasteiger partial charge in [-0.2, -0.15) is 0 Å². The molecule has 2 nitrogen and oxygen atoms in total. The minimum atomic E-state index is 0.669. The summed E-state index contributed by atoms with van der Waals surface area (Å²) < 4.78 is 0. The van der Waals surface area contributed by atoms with Gasteiger partial charge in [0.1, 0.15) is 0 Å². The van der Waals surface area contributed by atoms with Gasteiger partial charge in [-0.25, -0.2) is 0 Å². The van der Waals surface area contributed by atoms with Crippen molar-refractivity contribution in [2.24, 2.45) is 5.92 Å². The van der Waals surface area contributed by atoms with E-state index in [4.69, 9.17) is 0 Å². The Morgan fingerprint density at radius 1 is 1.33 bits per heavy atom. The minimum Gasteiger partial charge on any atom is -0.315 e. The van der Waals surface area contributed by atoms with Crippen LogP contribution in [0.15, 0.2) is 0 Å². The van der Waals surface area contributed by atoms with E-state index >= 15 is 0 Å². The van der Waals surface area contributed by atoms with Gasteiger partial charge in [0, 0.05) is 18.6 Å². The van der Waals surface area contributed by atoms with E-state index in [0.29, 0.717) is 6.04 Å². The summed E-state index contributed by atoms with van der Waals surface area (Å²) in [4.78, 5) is 2.47. The van der Waals surface area contributed by atoms with Crippen molar-refractivity contribution >= 4 is 0 Å². The number of nitrogens with one attached hydrogen (secondary N) is 1. The van der Waals surface area contributed by atoms with E-state index in [2.05, 4.69) is 38.0 Å². The normalized spacial score (nSPS) is 31.5. The molecular weight excluding hydrogens is 148 g/mol. The molecule has 1 N–H and O–H groups in total. The molecule has 2 atom stereocenters. The summed E-state index contributed by atoms with van der Waals surface area (Å²) in [7, 11) is 2.23. The van der Waals surface area contributed by atoms with Crippen molar-refractivity contribution in [1.29, 1.82) is 0 Å². The zero-order valence-corrected chi connectivity index (χ0v) is 8.80. The molecule has 0 aromatic rings. The third-order valence-corrected chi connectivity index (χ3v) is 2.94. The summed E-state index contributed by atoms with van der Waals surface area (Å²) in [5.74, 6) is 0.838. The highest BCUT2D eigenvalue weighted by molar-refractivity contribution is 4.81. The summed E-state index contributed by atoms with van der Waals surface area (Å²) in [6.07, 6.45) is 1.35. The maximum atomic E-state index is 3.48. The Bertz CT molecular complexity index is 134. The zero-order chi connectivity index (χ0) is 9.14. The predicted octanol–water partition coefficient (Wildman–Crippen LogP) is 1.32. The average Bonchev–Trinajstić information content (AvgIpc) is 2.03. The Labute approximate surface area is 76.3 Å². The van der Waals surface area contributed by atoms with Gasteiger partial charge in [-0.05, 0) is 39.8 Å². The van der Waals surface area contributed by atoms with Crippen molar-refractivity contribution in [1.82, 2.24) is 10.2 Å². The van der Waals surface area contributed by atoms with Crippen LogP contribution in [0.25, 0.3) is 0 Å². The molecule has 0 spiro atoms. The van der Waals surface area contributed by atoms with Gasteiger partial charge >= 0.3 is 0 Å². The molecule has 0 aromatic heterocycles. The quantitative estimate of drug-likeness (QED) is 0.672. The second-order valence-corrected chi connectivity index (χ2v) is 4.41. The average molecular weight is 170 g/mol. The minimum absolute atomic E-state index is 0.669. The van der Waals surface area contributed by atoms with Crippen LogP contribution in [0.2, 0.25) is 0 Å². The van der Waals surface area contributed by atoms with E-state index in [-0.39, 0.29) is 0 Å². The molecule has 0 radical (unpaired) electrons. The predicted molar refractivity (Wildman–Crippen MR) is 53.3 cm³/mol. The number of hydrogen-bond donors (Lipinski definition) is 1. The fraction of sp³-hybridized carbons (Fsp3) is 1.00. The van der Waals surface area contributed by atoms with E-state index < -0.39 is 0 Å². The number of rotatable bonds is 2. The summed E-state index contributed by atoms with van der Waals surface area (Å²) in [5, 5.41) is 3.48. The smallest absolute Gasteiger partial charge is 0.0223 e. The molecule has 72 valence electrons. The molecule has 12 heavy (non-hydrogen) atoms. The highest BCUT2D eigenvalue weighted by atomic mass is 15.2. The van der Waals surface area contributed by atoms with Crippen molar-refractivity contribution in [2.75, 3.05) is 20.1 Å². The Balaban J connectivity index is 2.40. The Morgan fingerprint density at radius 3 is 2.50 bits per heavy atom. The molecule has 1 unspecified atom stereocenters. The molecule has 0 amide bonds. The molecule has 1 aliphatic rings. The molecule has 1 aliphatic heterocycles. The van der Waals surface area contributed by atoms with Gasteiger partial charge in [-0.3, -0.25) is 4.90 Å². The SMILES string of the molecule is CC(C)N(C)C1CNC[C@@H](C)C1. The molecule has 2 heteroatoms. The lowest BCUT2D eigenvalue weighted by molar-refractivity contribution is 0.145. The van der Waals surface area contributed by atoms with Crippen LogP contribution in [0.4, 0.5) is 0 Å².